The van der Waals surface area contributed by atoms with Gasteiger partial charge in [-0.15, -0.1) is 0 Å². The second-order valence-electron chi connectivity index (χ2n) is 10.3. The highest BCUT2D eigenvalue weighted by molar-refractivity contribution is 5.90. The molecule has 0 saturated carbocycles. The summed E-state index contributed by atoms with van der Waals surface area (Å²) in [7, 11) is 0. The highest BCUT2D eigenvalue weighted by Crippen LogP contribution is 2.36. The van der Waals surface area contributed by atoms with E-state index in [0.717, 1.165) is 47.9 Å². The van der Waals surface area contributed by atoms with Gasteiger partial charge in [0.1, 0.15) is 23.6 Å². The van der Waals surface area contributed by atoms with E-state index in [1.807, 2.05) is 24.5 Å². The van der Waals surface area contributed by atoms with Crippen LogP contribution in [0.5, 0.6) is 0 Å². The Morgan fingerprint density at radius 2 is 1.38 bits per heavy atom. The van der Waals surface area contributed by atoms with Crippen molar-refractivity contribution in [2.24, 2.45) is 4.99 Å². The number of nitrogens with zero attached hydrogens (tertiary/aromatic N) is 4. The van der Waals surface area contributed by atoms with Gasteiger partial charge in [-0.05, 0) is 53.6 Å². The third-order valence-corrected chi connectivity index (χ3v) is 7.64. The van der Waals surface area contributed by atoms with E-state index in [4.69, 9.17) is 10.7 Å². The Kier molecular flexibility index (Phi) is 6.09. The van der Waals surface area contributed by atoms with Gasteiger partial charge in [0.2, 0.25) is 6.34 Å². The molecule has 0 aromatic heterocycles. The van der Waals surface area contributed by atoms with Gasteiger partial charge in [0.25, 0.3) is 0 Å². The summed E-state index contributed by atoms with van der Waals surface area (Å²) in [6.45, 7) is 1.60. The summed E-state index contributed by atoms with van der Waals surface area (Å²) in [5.74, 6) is 0. The summed E-state index contributed by atoms with van der Waals surface area (Å²) >= 11 is 0. The first-order chi connectivity index (χ1) is 19.7. The normalized spacial score (nSPS) is 13.9. The van der Waals surface area contributed by atoms with Crippen molar-refractivity contribution in [1.82, 2.24) is 4.58 Å². The van der Waals surface area contributed by atoms with E-state index in [0.29, 0.717) is 0 Å². The molecular weight excluding hydrogens is 490 g/mol. The summed E-state index contributed by atoms with van der Waals surface area (Å²) in [6, 6.07) is 42.6. The fourth-order valence-electron chi connectivity index (χ4n) is 5.52. The predicted octanol–water partition coefficient (Wildman–Crippen LogP) is 7.42. The number of benzene rings is 5. The molecule has 0 aliphatic carbocycles. The number of aliphatic imine (C=N–C) groups is 1. The number of hydrogen-bond donors (Lipinski definition) is 1. The maximum absolute atomic E-state index is 5.99. The molecule has 0 bridgehead atoms. The first-order valence-electron chi connectivity index (χ1n) is 13.6. The van der Waals surface area contributed by atoms with E-state index < -0.39 is 0 Å². The summed E-state index contributed by atoms with van der Waals surface area (Å²) in [6.07, 6.45) is 4.98. The molecule has 7 rings (SSSR count). The highest BCUT2D eigenvalue weighted by Gasteiger charge is 2.28. The lowest BCUT2D eigenvalue weighted by Gasteiger charge is -2.27. The molecule has 2 aliphatic heterocycles. The minimum absolute atomic E-state index is 0.779. The van der Waals surface area contributed by atoms with Crippen molar-refractivity contribution in [1.29, 1.82) is 0 Å². The molecule has 0 atom stereocenters. The van der Waals surface area contributed by atoms with Crippen molar-refractivity contribution in [2.45, 2.75) is 19.5 Å². The quantitative estimate of drug-likeness (QED) is 0.194. The monoisotopic (exact) mass is 520 g/mol. The average molecular weight is 521 g/mol. The maximum Gasteiger partial charge on any atom is 0.250 e. The minimum Gasteiger partial charge on any atom is -0.399 e. The Balaban J connectivity index is 1.36. The summed E-state index contributed by atoms with van der Waals surface area (Å²) in [5, 5.41) is 0. The smallest absolute Gasteiger partial charge is 0.250 e. The van der Waals surface area contributed by atoms with Gasteiger partial charge in [0, 0.05) is 35.0 Å². The lowest BCUT2D eigenvalue weighted by atomic mass is 10.0. The molecule has 194 valence electrons. The SMILES string of the molecule is Nc1ccc(Cc2ccc(N3C=Nc4ccccc4C3)cc2[N+]2=CN(c3ccccc3)Cc3ccccc32)cc1. The summed E-state index contributed by atoms with van der Waals surface area (Å²) in [5.41, 5.74) is 17.4. The second kappa shape index (κ2) is 10.2. The van der Waals surface area contributed by atoms with Crippen molar-refractivity contribution in [2.75, 3.05) is 15.5 Å². The zero-order valence-electron chi connectivity index (χ0n) is 22.2. The highest BCUT2D eigenvalue weighted by atomic mass is 15.2. The van der Waals surface area contributed by atoms with Crippen molar-refractivity contribution in [3.05, 3.63) is 144 Å². The fourth-order valence-corrected chi connectivity index (χ4v) is 5.52. The number of anilines is 3. The Morgan fingerprint density at radius 3 is 2.23 bits per heavy atom. The molecule has 0 spiro atoms. The molecular formula is C35H30N5+. The van der Waals surface area contributed by atoms with Crippen LogP contribution in [-0.4, -0.2) is 12.7 Å². The number of nitrogens with two attached hydrogens (primary N) is 1. The lowest BCUT2D eigenvalue weighted by Crippen LogP contribution is -2.32. The second-order valence-corrected chi connectivity index (χ2v) is 10.3. The largest absolute Gasteiger partial charge is 0.399 e. The van der Waals surface area contributed by atoms with Crippen molar-refractivity contribution in [3.8, 4) is 0 Å². The van der Waals surface area contributed by atoms with Gasteiger partial charge in [0.05, 0.1) is 18.6 Å². The Hall–Kier alpha value is -5.16. The maximum atomic E-state index is 5.99. The molecule has 0 unspecified atom stereocenters. The minimum atomic E-state index is 0.779. The Morgan fingerprint density at radius 1 is 0.650 bits per heavy atom. The van der Waals surface area contributed by atoms with E-state index in [9.17, 15) is 0 Å². The van der Waals surface area contributed by atoms with Crippen LogP contribution in [0, 0.1) is 0 Å². The molecule has 0 amide bonds. The van der Waals surface area contributed by atoms with Gasteiger partial charge < -0.3 is 10.6 Å². The molecule has 5 nitrogen and oxygen atoms in total. The Labute approximate surface area is 234 Å². The molecule has 5 aromatic rings. The van der Waals surface area contributed by atoms with Crippen molar-refractivity contribution in [3.63, 3.8) is 0 Å². The first kappa shape index (κ1) is 23.9. The van der Waals surface area contributed by atoms with Crippen LogP contribution in [0.2, 0.25) is 0 Å². The number of rotatable bonds is 5. The van der Waals surface area contributed by atoms with E-state index in [-0.39, 0.29) is 0 Å². The zero-order valence-corrected chi connectivity index (χ0v) is 22.2. The molecule has 2 N–H and O–H groups in total. The third kappa shape index (κ3) is 4.63. The number of nitrogen functional groups attached to an aromatic ring is 1. The molecule has 2 aliphatic rings. The van der Waals surface area contributed by atoms with Gasteiger partial charge >= 0.3 is 0 Å². The average Bonchev–Trinajstić information content (AvgIpc) is 3.02. The summed E-state index contributed by atoms with van der Waals surface area (Å²) in [4.78, 5) is 9.28. The van der Waals surface area contributed by atoms with Crippen LogP contribution in [0.1, 0.15) is 22.3 Å². The summed E-state index contributed by atoms with van der Waals surface area (Å²) < 4.78 is 2.34. The molecule has 5 aromatic carbocycles. The van der Waals surface area contributed by atoms with Gasteiger partial charge in [-0.3, -0.25) is 0 Å². The van der Waals surface area contributed by atoms with Crippen LogP contribution in [0.3, 0.4) is 0 Å². The molecule has 2 heterocycles. The van der Waals surface area contributed by atoms with Crippen LogP contribution in [0.15, 0.2) is 126 Å². The van der Waals surface area contributed by atoms with Gasteiger partial charge in [-0.1, -0.05) is 72.8 Å². The van der Waals surface area contributed by atoms with Gasteiger partial charge in [-0.25, -0.2) is 9.89 Å². The van der Waals surface area contributed by atoms with Gasteiger partial charge in [-0.2, -0.15) is 4.58 Å². The standard InChI is InChI=1S/C35H30N5/c36-30-17-14-26(15-18-30)20-27-16-19-32(38-22-28-8-4-6-12-33(28)37-24-38)21-35(27)40-25-39(31-10-2-1-3-11-31)23-29-9-5-7-13-34(29)40/h1-19,21,24-25H,20,22-23,36H2/q+1. The lowest BCUT2D eigenvalue weighted by molar-refractivity contribution is 0.908. The van der Waals surface area contributed by atoms with Crippen LogP contribution < -0.4 is 20.1 Å². The van der Waals surface area contributed by atoms with Crippen LogP contribution >= 0.6 is 0 Å². The van der Waals surface area contributed by atoms with Crippen LogP contribution in [0.4, 0.5) is 34.1 Å². The van der Waals surface area contributed by atoms with Gasteiger partial charge in [0.15, 0.2) is 0 Å². The topological polar surface area (TPSA) is 47.9 Å². The molecule has 0 saturated heterocycles. The van der Waals surface area contributed by atoms with E-state index in [1.165, 1.54) is 27.9 Å². The Bertz CT molecular complexity index is 1740. The number of fused-ring (bicyclic) bond motifs is 2. The van der Waals surface area contributed by atoms with E-state index >= 15 is 0 Å². The van der Waals surface area contributed by atoms with Crippen LogP contribution in [-0.2, 0) is 19.5 Å². The number of para-hydroxylation sites is 3. The van der Waals surface area contributed by atoms with Crippen LogP contribution in [0.25, 0.3) is 0 Å². The first-order valence-corrected chi connectivity index (χ1v) is 13.6. The fraction of sp³-hybridized carbons (Fsp3) is 0.0857. The van der Waals surface area contributed by atoms with Crippen molar-refractivity contribution < 1.29 is 0 Å². The van der Waals surface area contributed by atoms with Crippen molar-refractivity contribution >= 4 is 46.8 Å². The molecule has 0 radical (unpaired) electrons. The number of hydrogen-bond acceptors (Lipinski definition) is 4. The zero-order chi connectivity index (χ0) is 26.9. The van der Waals surface area contributed by atoms with E-state index in [2.05, 4.69) is 124 Å². The third-order valence-electron chi connectivity index (χ3n) is 7.64. The predicted molar refractivity (Wildman–Crippen MR) is 167 cm³/mol. The molecule has 5 heteroatoms. The van der Waals surface area contributed by atoms with E-state index in [1.54, 1.807) is 0 Å². The molecule has 0 fully saturated rings. The molecule has 40 heavy (non-hydrogen) atoms.